The van der Waals surface area contributed by atoms with E-state index >= 15 is 0 Å². The summed E-state index contributed by atoms with van der Waals surface area (Å²) in [4.78, 5) is 11.9. The van der Waals surface area contributed by atoms with Crippen molar-refractivity contribution in [3.8, 4) is 11.3 Å². The summed E-state index contributed by atoms with van der Waals surface area (Å²) >= 11 is 0. The zero-order valence-corrected chi connectivity index (χ0v) is 13.4. The summed E-state index contributed by atoms with van der Waals surface area (Å²) in [6.45, 7) is 0.564. The van der Waals surface area contributed by atoms with E-state index in [0.717, 1.165) is 23.4 Å². The van der Waals surface area contributed by atoms with Gasteiger partial charge in [0.25, 0.3) is 0 Å². The van der Waals surface area contributed by atoms with Crippen LogP contribution in [0.25, 0.3) is 11.3 Å². The number of aromatic nitrogens is 1. The van der Waals surface area contributed by atoms with Crippen molar-refractivity contribution in [2.45, 2.75) is 19.3 Å². The van der Waals surface area contributed by atoms with E-state index < -0.39 is 0 Å². The zero-order chi connectivity index (χ0) is 16.6. The third-order valence-corrected chi connectivity index (χ3v) is 3.80. The third kappa shape index (κ3) is 4.56. The molecule has 122 valence electrons. The molecule has 3 rings (SSSR count). The average molecular weight is 320 g/mol. The van der Waals surface area contributed by atoms with Crippen LogP contribution in [0.5, 0.6) is 0 Å². The van der Waals surface area contributed by atoms with Crippen LogP contribution in [0.2, 0.25) is 0 Å². The molecule has 0 fully saturated rings. The summed E-state index contributed by atoms with van der Waals surface area (Å²) in [5, 5.41) is 6.99. The maximum absolute atomic E-state index is 11.9. The number of benzene rings is 2. The van der Waals surface area contributed by atoms with E-state index in [1.807, 2.05) is 66.7 Å². The lowest BCUT2D eigenvalue weighted by Gasteiger charge is -2.04. The average Bonchev–Trinajstić information content (AvgIpc) is 3.11. The number of hydrogen-bond donors (Lipinski definition) is 1. The Morgan fingerprint density at radius 3 is 2.42 bits per heavy atom. The second-order valence-electron chi connectivity index (χ2n) is 5.63. The van der Waals surface area contributed by atoms with E-state index in [-0.39, 0.29) is 5.91 Å². The summed E-state index contributed by atoms with van der Waals surface area (Å²) in [6, 6.07) is 21.8. The molecular weight excluding hydrogens is 300 g/mol. The van der Waals surface area contributed by atoms with Gasteiger partial charge < -0.3 is 9.84 Å². The van der Waals surface area contributed by atoms with Crippen molar-refractivity contribution in [1.82, 2.24) is 10.5 Å². The highest BCUT2D eigenvalue weighted by molar-refractivity contribution is 5.76. The van der Waals surface area contributed by atoms with Crippen LogP contribution in [0.3, 0.4) is 0 Å². The standard InChI is InChI=1S/C20H20N2O2/c23-20(12-11-16-7-3-1-4-8-16)21-14-13-18-15-19(24-22-18)17-9-5-2-6-10-17/h1-10,15H,11-14H2,(H,21,23). The molecule has 0 spiro atoms. The molecule has 0 aliphatic heterocycles. The van der Waals surface area contributed by atoms with Crippen molar-refractivity contribution in [2.75, 3.05) is 6.54 Å². The Kier molecular flexibility index (Phi) is 5.40. The molecule has 0 radical (unpaired) electrons. The number of aryl methyl sites for hydroxylation is 1. The van der Waals surface area contributed by atoms with Crippen molar-refractivity contribution in [2.24, 2.45) is 0 Å². The van der Waals surface area contributed by atoms with E-state index in [1.54, 1.807) is 0 Å². The molecule has 0 aliphatic rings. The molecule has 3 aromatic rings. The molecule has 0 bridgehead atoms. The molecule has 0 saturated heterocycles. The van der Waals surface area contributed by atoms with Crippen LogP contribution in [-0.4, -0.2) is 17.6 Å². The SMILES string of the molecule is O=C(CCc1ccccc1)NCCc1cc(-c2ccccc2)on1. The molecule has 1 aromatic heterocycles. The van der Waals surface area contributed by atoms with Crippen molar-refractivity contribution >= 4 is 5.91 Å². The zero-order valence-electron chi connectivity index (χ0n) is 13.4. The lowest BCUT2D eigenvalue weighted by molar-refractivity contribution is -0.121. The minimum atomic E-state index is 0.0608. The fraction of sp³-hybridized carbons (Fsp3) is 0.200. The predicted molar refractivity (Wildman–Crippen MR) is 93.4 cm³/mol. The minimum absolute atomic E-state index is 0.0608. The van der Waals surface area contributed by atoms with Gasteiger partial charge >= 0.3 is 0 Å². The van der Waals surface area contributed by atoms with Gasteiger partial charge in [-0.3, -0.25) is 4.79 Å². The number of rotatable bonds is 7. The highest BCUT2D eigenvalue weighted by Gasteiger charge is 2.07. The van der Waals surface area contributed by atoms with Gasteiger partial charge in [-0.1, -0.05) is 65.8 Å². The molecule has 4 heteroatoms. The van der Waals surface area contributed by atoms with E-state index in [1.165, 1.54) is 5.56 Å². The first kappa shape index (κ1) is 16.0. The van der Waals surface area contributed by atoms with Crippen LogP contribution in [0.15, 0.2) is 71.3 Å². The molecule has 2 aromatic carbocycles. The topological polar surface area (TPSA) is 55.1 Å². The summed E-state index contributed by atoms with van der Waals surface area (Å²) in [6.07, 6.45) is 1.92. The third-order valence-electron chi connectivity index (χ3n) is 3.80. The smallest absolute Gasteiger partial charge is 0.220 e. The normalized spacial score (nSPS) is 10.5. The maximum Gasteiger partial charge on any atom is 0.220 e. The van der Waals surface area contributed by atoms with Gasteiger partial charge in [-0.25, -0.2) is 0 Å². The molecule has 1 amide bonds. The van der Waals surface area contributed by atoms with E-state index in [4.69, 9.17) is 4.52 Å². The Morgan fingerprint density at radius 1 is 0.958 bits per heavy atom. The van der Waals surface area contributed by atoms with Gasteiger partial charge in [-0.05, 0) is 12.0 Å². The Balaban J connectivity index is 1.42. The van der Waals surface area contributed by atoms with Crippen LogP contribution in [-0.2, 0) is 17.6 Å². The van der Waals surface area contributed by atoms with Crippen LogP contribution in [0.4, 0.5) is 0 Å². The van der Waals surface area contributed by atoms with Gasteiger partial charge in [0.05, 0.1) is 5.69 Å². The Morgan fingerprint density at radius 2 is 1.67 bits per heavy atom. The second kappa shape index (κ2) is 8.11. The Bertz CT molecular complexity index is 767. The summed E-state index contributed by atoms with van der Waals surface area (Å²) < 4.78 is 5.35. The molecule has 1 N–H and O–H groups in total. The molecule has 24 heavy (non-hydrogen) atoms. The molecule has 1 heterocycles. The van der Waals surface area contributed by atoms with Gasteiger partial charge in [-0.2, -0.15) is 0 Å². The summed E-state index contributed by atoms with van der Waals surface area (Å²) in [7, 11) is 0. The van der Waals surface area contributed by atoms with Crippen LogP contribution in [0.1, 0.15) is 17.7 Å². The van der Waals surface area contributed by atoms with Crippen LogP contribution in [0, 0.1) is 0 Å². The fourth-order valence-electron chi connectivity index (χ4n) is 2.49. The fourth-order valence-corrected chi connectivity index (χ4v) is 2.49. The van der Waals surface area contributed by atoms with Gasteiger partial charge in [0.2, 0.25) is 5.91 Å². The van der Waals surface area contributed by atoms with E-state index in [2.05, 4.69) is 10.5 Å². The highest BCUT2D eigenvalue weighted by atomic mass is 16.5. The second-order valence-corrected chi connectivity index (χ2v) is 5.63. The molecule has 0 aliphatic carbocycles. The number of hydrogen-bond acceptors (Lipinski definition) is 3. The lowest BCUT2D eigenvalue weighted by Crippen LogP contribution is -2.25. The highest BCUT2D eigenvalue weighted by Crippen LogP contribution is 2.19. The predicted octanol–water partition coefficient (Wildman–Crippen LogP) is 3.63. The molecular formula is C20H20N2O2. The first-order valence-corrected chi connectivity index (χ1v) is 8.13. The molecule has 0 saturated carbocycles. The number of nitrogens with zero attached hydrogens (tertiary/aromatic N) is 1. The number of carbonyl (C=O) groups is 1. The van der Waals surface area contributed by atoms with Gasteiger partial charge in [0.1, 0.15) is 0 Å². The molecule has 0 unspecified atom stereocenters. The van der Waals surface area contributed by atoms with Crippen molar-refractivity contribution in [3.63, 3.8) is 0 Å². The van der Waals surface area contributed by atoms with Crippen molar-refractivity contribution in [1.29, 1.82) is 0 Å². The Labute approximate surface area is 141 Å². The first-order chi connectivity index (χ1) is 11.8. The largest absolute Gasteiger partial charge is 0.356 e. The lowest BCUT2D eigenvalue weighted by atomic mass is 10.1. The number of carbonyl (C=O) groups excluding carboxylic acids is 1. The van der Waals surface area contributed by atoms with Gasteiger partial charge in [0.15, 0.2) is 5.76 Å². The monoisotopic (exact) mass is 320 g/mol. The number of amides is 1. The first-order valence-electron chi connectivity index (χ1n) is 8.13. The Hall–Kier alpha value is -2.88. The number of nitrogens with one attached hydrogen (secondary N) is 1. The van der Waals surface area contributed by atoms with Crippen LogP contribution >= 0.6 is 0 Å². The van der Waals surface area contributed by atoms with Crippen LogP contribution < -0.4 is 5.32 Å². The quantitative estimate of drug-likeness (QED) is 0.723. The summed E-state index contributed by atoms with van der Waals surface area (Å²) in [5.74, 6) is 0.812. The maximum atomic E-state index is 11.9. The van der Waals surface area contributed by atoms with Gasteiger partial charge in [-0.15, -0.1) is 0 Å². The molecule has 0 atom stereocenters. The minimum Gasteiger partial charge on any atom is -0.356 e. The van der Waals surface area contributed by atoms with Crippen molar-refractivity contribution < 1.29 is 9.32 Å². The molecule has 4 nitrogen and oxygen atoms in total. The van der Waals surface area contributed by atoms with Crippen molar-refractivity contribution in [3.05, 3.63) is 78.0 Å². The summed E-state index contributed by atoms with van der Waals surface area (Å²) in [5.41, 5.74) is 3.03. The van der Waals surface area contributed by atoms with E-state index in [0.29, 0.717) is 19.4 Å². The van der Waals surface area contributed by atoms with E-state index in [9.17, 15) is 4.79 Å². The van der Waals surface area contributed by atoms with Gasteiger partial charge in [0, 0.05) is 31.0 Å².